The van der Waals surface area contributed by atoms with Crippen LogP contribution in [0.15, 0.2) is 57.9 Å². The second-order valence-electron chi connectivity index (χ2n) is 6.15. The van der Waals surface area contributed by atoms with Gasteiger partial charge in [-0.25, -0.2) is 13.2 Å². The van der Waals surface area contributed by atoms with Gasteiger partial charge in [0.05, 0.1) is 10.5 Å². The molecule has 8 heteroatoms. The molecule has 27 heavy (non-hydrogen) atoms. The number of carbonyl (C=O) groups excluding carboxylic acids is 2. The number of nitrogens with zero attached hydrogens (tertiary/aromatic N) is 1. The van der Waals surface area contributed by atoms with E-state index in [-0.39, 0.29) is 10.5 Å². The first-order chi connectivity index (χ1) is 12.9. The fourth-order valence-electron chi connectivity index (χ4n) is 2.80. The van der Waals surface area contributed by atoms with Crippen LogP contribution in [0.3, 0.4) is 0 Å². The number of ketones is 1. The Balaban J connectivity index is 1.63. The predicted octanol–water partition coefficient (Wildman–Crippen LogP) is 3.27. The molecule has 2 aromatic rings. The van der Waals surface area contributed by atoms with Gasteiger partial charge < -0.3 is 4.74 Å². The maximum Gasteiger partial charge on any atom is 0.338 e. The highest BCUT2D eigenvalue weighted by atomic mass is 79.9. The molecule has 0 spiro atoms. The van der Waals surface area contributed by atoms with Crippen molar-refractivity contribution in [3.05, 3.63) is 64.1 Å². The van der Waals surface area contributed by atoms with Gasteiger partial charge in [-0.05, 0) is 55.3 Å². The van der Waals surface area contributed by atoms with Gasteiger partial charge in [-0.3, -0.25) is 4.79 Å². The lowest BCUT2D eigenvalue weighted by Gasteiger charge is -2.15. The smallest absolute Gasteiger partial charge is 0.338 e. The first-order valence-electron chi connectivity index (χ1n) is 8.44. The summed E-state index contributed by atoms with van der Waals surface area (Å²) in [4.78, 5) is 24.4. The van der Waals surface area contributed by atoms with Gasteiger partial charge in [0, 0.05) is 23.1 Å². The molecule has 1 fully saturated rings. The summed E-state index contributed by atoms with van der Waals surface area (Å²) in [6.45, 7) is 0.632. The molecule has 0 radical (unpaired) electrons. The Bertz CT molecular complexity index is 950. The van der Waals surface area contributed by atoms with E-state index in [1.807, 2.05) is 0 Å². The lowest BCUT2D eigenvalue weighted by atomic mass is 10.1. The Labute approximate surface area is 166 Å². The normalized spacial score (nSPS) is 14.9. The fraction of sp³-hybridized carbons (Fsp3) is 0.263. The van der Waals surface area contributed by atoms with Crippen LogP contribution in [0, 0.1) is 0 Å². The number of benzene rings is 2. The van der Waals surface area contributed by atoms with Gasteiger partial charge in [0.2, 0.25) is 10.0 Å². The number of ether oxygens (including phenoxy) is 1. The number of esters is 1. The summed E-state index contributed by atoms with van der Waals surface area (Å²) in [6, 6.07) is 12.4. The van der Waals surface area contributed by atoms with Gasteiger partial charge in [0.15, 0.2) is 12.4 Å². The first kappa shape index (κ1) is 19.7. The third kappa shape index (κ3) is 4.63. The van der Waals surface area contributed by atoms with Crippen molar-refractivity contribution < 1.29 is 22.7 Å². The maximum atomic E-state index is 12.5. The average Bonchev–Trinajstić information content (AvgIpc) is 3.21. The molecule has 6 nitrogen and oxygen atoms in total. The van der Waals surface area contributed by atoms with Gasteiger partial charge >= 0.3 is 5.97 Å². The second kappa shape index (κ2) is 8.33. The number of carbonyl (C=O) groups is 2. The highest BCUT2D eigenvalue weighted by Gasteiger charge is 2.27. The van der Waals surface area contributed by atoms with Gasteiger partial charge in [-0.2, -0.15) is 4.31 Å². The molecule has 0 unspecified atom stereocenters. The number of rotatable bonds is 6. The van der Waals surface area contributed by atoms with Crippen LogP contribution in [0.4, 0.5) is 0 Å². The highest BCUT2D eigenvalue weighted by molar-refractivity contribution is 9.10. The van der Waals surface area contributed by atoms with E-state index in [9.17, 15) is 18.0 Å². The quantitative estimate of drug-likeness (QED) is 0.497. The Morgan fingerprint density at radius 3 is 2.30 bits per heavy atom. The monoisotopic (exact) mass is 451 g/mol. The fourth-order valence-corrected chi connectivity index (χ4v) is 4.72. The lowest BCUT2D eigenvalue weighted by Crippen LogP contribution is -2.27. The van der Waals surface area contributed by atoms with Crippen molar-refractivity contribution in [2.24, 2.45) is 0 Å². The number of hydrogen-bond acceptors (Lipinski definition) is 5. The van der Waals surface area contributed by atoms with Crippen molar-refractivity contribution in [2.45, 2.75) is 17.7 Å². The number of halogens is 1. The van der Waals surface area contributed by atoms with Crippen molar-refractivity contribution in [3.63, 3.8) is 0 Å². The van der Waals surface area contributed by atoms with Crippen molar-refractivity contribution in [3.8, 4) is 0 Å². The van der Waals surface area contributed by atoms with Gasteiger partial charge in [-0.15, -0.1) is 0 Å². The van der Waals surface area contributed by atoms with Crippen molar-refractivity contribution in [1.82, 2.24) is 4.31 Å². The van der Waals surface area contributed by atoms with Crippen molar-refractivity contribution in [2.75, 3.05) is 19.7 Å². The minimum atomic E-state index is -3.51. The van der Waals surface area contributed by atoms with E-state index in [1.54, 1.807) is 24.3 Å². The summed E-state index contributed by atoms with van der Waals surface area (Å²) >= 11 is 3.27. The van der Waals surface area contributed by atoms with E-state index in [1.165, 1.54) is 28.6 Å². The number of hydrogen-bond donors (Lipinski definition) is 0. The SMILES string of the molecule is O=C(COC(=O)c1cccc(Br)c1)c1ccc(S(=O)(=O)N2CCCC2)cc1. The van der Waals surface area contributed by atoms with Crippen LogP contribution >= 0.6 is 15.9 Å². The first-order valence-corrected chi connectivity index (χ1v) is 10.7. The van der Waals surface area contributed by atoms with E-state index < -0.39 is 28.4 Å². The van der Waals surface area contributed by atoms with Crippen LogP contribution in [0.25, 0.3) is 0 Å². The molecule has 0 atom stereocenters. The minimum absolute atomic E-state index is 0.159. The van der Waals surface area contributed by atoms with E-state index >= 15 is 0 Å². The van der Waals surface area contributed by atoms with E-state index in [2.05, 4.69) is 15.9 Å². The number of sulfonamides is 1. The summed E-state index contributed by atoms with van der Waals surface area (Å²) in [5, 5.41) is 0. The molecule has 2 aromatic carbocycles. The minimum Gasteiger partial charge on any atom is -0.454 e. The van der Waals surface area contributed by atoms with Crippen molar-refractivity contribution >= 4 is 37.7 Å². The molecule has 0 amide bonds. The Morgan fingerprint density at radius 1 is 1.00 bits per heavy atom. The summed E-state index contributed by atoms with van der Waals surface area (Å²) in [6.07, 6.45) is 1.72. The third-order valence-electron chi connectivity index (χ3n) is 4.27. The zero-order valence-electron chi connectivity index (χ0n) is 14.4. The van der Waals surface area contributed by atoms with E-state index in [0.29, 0.717) is 18.7 Å². The zero-order valence-corrected chi connectivity index (χ0v) is 16.8. The molecule has 3 rings (SSSR count). The average molecular weight is 452 g/mol. The second-order valence-corrected chi connectivity index (χ2v) is 9.00. The molecule has 1 aliphatic heterocycles. The van der Waals surface area contributed by atoms with E-state index in [0.717, 1.165) is 17.3 Å². The zero-order chi connectivity index (χ0) is 19.4. The van der Waals surface area contributed by atoms with Crippen LogP contribution in [0.1, 0.15) is 33.6 Å². The molecular formula is C19H18BrNO5S. The van der Waals surface area contributed by atoms with Crippen LogP contribution in [-0.2, 0) is 14.8 Å². The van der Waals surface area contributed by atoms with Crippen LogP contribution < -0.4 is 0 Å². The van der Waals surface area contributed by atoms with Gasteiger partial charge in [0.25, 0.3) is 0 Å². The molecule has 1 aliphatic rings. The number of Topliss-reactive ketones (excluding diaryl/α,β-unsaturated/α-hetero) is 1. The molecule has 142 valence electrons. The Morgan fingerprint density at radius 2 is 1.67 bits per heavy atom. The topological polar surface area (TPSA) is 80.8 Å². The van der Waals surface area contributed by atoms with Gasteiger partial charge in [0.1, 0.15) is 0 Å². The molecule has 0 aromatic heterocycles. The summed E-state index contributed by atoms with van der Waals surface area (Å²) in [5.41, 5.74) is 0.627. The largest absolute Gasteiger partial charge is 0.454 e. The summed E-state index contributed by atoms with van der Waals surface area (Å²) in [7, 11) is -3.51. The highest BCUT2D eigenvalue weighted by Crippen LogP contribution is 2.21. The predicted molar refractivity (Wildman–Crippen MR) is 103 cm³/mol. The standard InChI is InChI=1S/C19H18BrNO5S/c20-16-5-3-4-15(12-16)19(23)26-13-18(22)14-6-8-17(9-7-14)27(24,25)21-10-1-2-11-21/h3-9,12H,1-2,10-11,13H2. The molecule has 0 aliphatic carbocycles. The molecule has 1 saturated heterocycles. The molecule has 0 saturated carbocycles. The molecule has 1 heterocycles. The van der Waals surface area contributed by atoms with Crippen LogP contribution in [0.5, 0.6) is 0 Å². The third-order valence-corrected chi connectivity index (χ3v) is 6.68. The molecule has 0 bridgehead atoms. The van der Waals surface area contributed by atoms with Crippen LogP contribution in [0.2, 0.25) is 0 Å². The molecule has 0 N–H and O–H groups in total. The lowest BCUT2D eigenvalue weighted by molar-refractivity contribution is 0.0474. The maximum absolute atomic E-state index is 12.5. The Kier molecular flexibility index (Phi) is 6.08. The molecular weight excluding hydrogens is 434 g/mol. The van der Waals surface area contributed by atoms with E-state index in [4.69, 9.17) is 4.74 Å². The Hall–Kier alpha value is -2.03. The van der Waals surface area contributed by atoms with Crippen LogP contribution in [-0.4, -0.2) is 44.2 Å². The van der Waals surface area contributed by atoms with Crippen molar-refractivity contribution in [1.29, 1.82) is 0 Å². The van der Waals surface area contributed by atoms with Gasteiger partial charge in [-0.1, -0.05) is 22.0 Å². The summed E-state index contributed by atoms with van der Waals surface area (Å²) < 4.78 is 32.2. The summed E-state index contributed by atoms with van der Waals surface area (Å²) in [5.74, 6) is -0.999.